The van der Waals surface area contributed by atoms with Crippen molar-refractivity contribution in [3.63, 3.8) is 0 Å². The lowest BCUT2D eigenvalue weighted by Crippen LogP contribution is -2.21. The molecule has 3 N–H and O–H groups in total. The number of halogens is 2. The number of amides is 1. The monoisotopic (exact) mass is 246 g/mol. The van der Waals surface area contributed by atoms with Crippen molar-refractivity contribution in [2.45, 2.75) is 0 Å². The van der Waals surface area contributed by atoms with E-state index in [0.29, 0.717) is 6.54 Å². The van der Waals surface area contributed by atoms with E-state index in [1.54, 1.807) is 0 Å². The van der Waals surface area contributed by atoms with Gasteiger partial charge in [-0.25, -0.2) is 4.39 Å². The topological polar surface area (TPSA) is 64.3 Å². The minimum atomic E-state index is -0.584. The van der Waals surface area contributed by atoms with E-state index >= 15 is 0 Å². The molecular weight excluding hydrogens is 235 g/mol. The van der Waals surface area contributed by atoms with Crippen LogP contribution in [-0.2, 0) is 9.53 Å². The summed E-state index contributed by atoms with van der Waals surface area (Å²) in [5.74, 6) is -1.02. The number of ether oxygens (including phenoxy) is 1. The van der Waals surface area contributed by atoms with Crippen LogP contribution in [0.4, 0.5) is 10.1 Å². The summed E-state index contributed by atoms with van der Waals surface area (Å²) in [5, 5.41) is 2.63. The molecule has 0 aliphatic heterocycles. The molecule has 0 bridgehead atoms. The summed E-state index contributed by atoms with van der Waals surface area (Å²) < 4.78 is 18.1. The molecule has 0 unspecified atom stereocenters. The maximum Gasteiger partial charge on any atom is 0.250 e. The fourth-order valence-electron chi connectivity index (χ4n) is 1.03. The molecule has 0 saturated heterocycles. The van der Waals surface area contributed by atoms with Gasteiger partial charge in [0.2, 0.25) is 5.91 Å². The maximum absolute atomic E-state index is 13.2. The van der Waals surface area contributed by atoms with Crippen molar-refractivity contribution >= 4 is 23.2 Å². The van der Waals surface area contributed by atoms with Crippen molar-refractivity contribution in [3.8, 4) is 0 Å². The summed E-state index contributed by atoms with van der Waals surface area (Å²) in [6.07, 6.45) is 0. The first-order chi connectivity index (χ1) is 7.63. The third-order valence-corrected chi connectivity index (χ3v) is 1.94. The second-order valence-electron chi connectivity index (χ2n) is 3.01. The van der Waals surface area contributed by atoms with Crippen LogP contribution in [0.1, 0.15) is 0 Å². The third kappa shape index (κ3) is 4.14. The van der Waals surface area contributed by atoms with Gasteiger partial charge in [-0.3, -0.25) is 4.79 Å². The fraction of sp³-hybridized carbons (Fsp3) is 0.300. The molecule has 0 radical (unpaired) electrons. The average molecular weight is 247 g/mol. The number of rotatable bonds is 5. The van der Waals surface area contributed by atoms with E-state index in [1.165, 1.54) is 12.1 Å². The molecule has 0 spiro atoms. The van der Waals surface area contributed by atoms with Crippen LogP contribution in [0.15, 0.2) is 18.2 Å². The number of hydrogen-bond acceptors (Lipinski definition) is 3. The highest BCUT2D eigenvalue weighted by Gasteiger charge is 2.07. The Morgan fingerprint density at radius 3 is 2.94 bits per heavy atom. The molecule has 1 rings (SSSR count). The van der Waals surface area contributed by atoms with Crippen molar-refractivity contribution in [2.24, 2.45) is 5.73 Å². The molecule has 0 heterocycles. The van der Waals surface area contributed by atoms with E-state index in [9.17, 15) is 9.18 Å². The lowest BCUT2D eigenvalue weighted by molar-refractivity contribution is -0.120. The molecule has 0 atom stereocenters. The number of benzene rings is 1. The standard InChI is InChI=1S/C10H12ClFN2O2/c11-7-1-2-9(8(12)5-7)14-10(15)6-16-4-3-13/h1-2,5H,3-4,6,13H2,(H,14,15). The van der Waals surface area contributed by atoms with E-state index in [1.807, 2.05) is 0 Å². The van der Waals surface area contributed by atoms with Crippen molar-refractivity contribution in [3.05, 3.63) is 29.0 Å². The largest absolute Gasteiger partial charge is 0.370 e. The van der Waals surface area contributed by atoms with Crippen molar-refractivity contribution < 1.29 is 13.9 Å². The normalized spacial score (nSPS) is 10.2. The smallest absolute Gasteiger partial charge is 0.250 e. The van der Waals surface area contributed by atoms with Crippen LogP contribution in [-0.4, -0.2) is 25.7 Å². The highest BCUT2D eigenvalue weighted by atomic mass is 35.5. The number of hydrogen-bond donors (Lipinski definition) is 2. The first-order valence-corrected chi connectivity index (χ1v) is 5.04. The molecular formula is C10H12ClFN2O2. The van der Waals surface area contributed by atoms with E-state index in [4.69, 9.17) is 22.1 Å². The Kier molecular flexibility index (Phi) is 5.18. The van der Waals surface area contributed by atoms with E-state index in [2.05, 4.69) is 5.32 Å². The van der Waals surface area contributed by atoms with Gasteiger partial charge in [0.1, 0.15) is 12.4 Å². The predicted octanol–water partition coefficient (Wildman–Crippen LogP) is 1.39. The second-order valence-corrected chi connectivity index (χ2v) is 3.45. The number of carbonyl (C=O) groups excluding carboxylic acids is 1. The molecule has 88 valence electrons. The minimum Gasteiger partial charge on any atom is -0.370 e. The van der Waals surface area contributed by atoms with Gasteiger partial charge in [-0.05, 0) is 18.2 Å². The van der Waals surface area contributed by atoms with Crippen LogP contribution >= 0.6 is 11.6 Å². The van der Waals surface area contributed by atoms with Crippen molar-refractivity contribution in [1.29, 1.82) is 0 Å². The Bertz CT molecular complexity index is 374. The van der Waals surface area contributed by atoms with Crippen LogP contribution in [0.5, 0.6) is 0 Å². The van der Waals surface area contributed by atoms with Gasteiger partial charge in [0.15, 0.2) is 0 Å². The number of nitrogens with two attached hydrogens (primary N) is 1. The van der Waals surface area contributed by atoms with E-state index < -0.39 is 11.7 Å². The molecule has 4 nitrogen and oxygen atoms in total. The minimum absolute atomic E-state index is 0.0748. The van der Waals surface area contributed by atoms with Crippen LogP contribution in [0.25, 0.3) is 0 Å². The molecule has 1 aromatic rings. The zero-order valence-corrected chi connectivity index (χ0v) is 9.26. The van der Waals surface area contributed by atoms with Gasteiger partial charge < -0.3 is 15.8 Å². The summed E-state index contributed by atoms with van der Waals surface area (Å²) in [7, 11) is 0. The number of anilines is 1. The van der Waals surface area contributed by atoms with Gasteiger partial charge in [-0.2, -0.15) is 0 Å². The summed E-state index contributed by atoms with van der Waals surface area (Å²) in [5.41, 5.74) is 5.25. The fourth-order valence-corrected chi connectivity index (χ4v) is 1.18. The zero-order valence-electron chi connectivity index (χ0n) is 8.50. The third-order valence-electron chi connectivity index (χ3n) is 1.70. The summed E-state index contributed by atoms with van der Waals surface area (Å²) >= 11 is 5.56. The first kappa shape index (κ1) is 12.9. The molecule has 0 fully saturated rings. The predicted molar refractivity (Wildman–Crippen MR) is 59.9 cm³/mol. The zero-order chi connectivity index (χ0) is 12.0. The highest BCUT2D eigenvalue weighted by Crippen LogP contribution is 2.18. The number of nitrogens with one attached hydrogen (secondary N) is 1. The Morgan fingerprint density at radius 2 is 2.31 bits per heavy atom. The van der Waals surface area contributed by atoms with Gasteiger partial charge in [0, 0.05) is 11.6 Å². The van der Waals surface area contributed by atoms with E-state index in [-0.39, 0.29) is 23.9 Å². The van der Waals surface area contributed by atoms with Crippen LogP contribution in [0.3, 0.4) is 0 Å². The Hall–Kier alpha value is -1.17. The second kappa shape index (κ2) is 6.42. The summed E-state index contributed by atoms with van der Waals surface area (Å²) in [6.45, 7) is 0.471. The number of carbonyl (C=O) groups is 1. The maximum atomic E-state index is 13.2. The lowest BCUT2D eigenvalue weighted by Gasteiger charge is -2.06. The molecule has 6 heteroatoms. The molecule has 0 aromatic heterocycles. The lowest BCUT2D eigenvalue weighted by atomic mass is 10.3. The van der Waals surface area contributed by atoms with Gasteiger partial charge >= 0.3 is 0 Å². The molecule has 16 heavy (non-hydrogen) atoms. The molecule has 0 saturated carbocycles. The van der Waals surface area contributed by atoms with Crippen LogP contribution < -0.4 is 11.1 Å². The molecule has 0 aliphatic carbocycles. The van der Waals surface area contributed by atoms with Crippen LogP contribution in [0, 0.1) is 5.82 Å². The van der Waals surface area contributed by atoms with Crippen molar-refractivity contribution in [2.75, 3.05) is 25.1 Å². The Balaban J connectivity index is 2.49. The summed E-state index contributed by atoms with van der Waals surface area (Å²) in [4.78, 5) is 11.2. The summed E-state index contributed by atoms with van der Waals surface area (Å²) in [6, 6.07) is 4.00. The molecule has 1 amide bonds. The highest BCUT2D eigenvalue weighted by molar-refractivity contribution is 6.30. The average Bonchev–Trinajstić information content (AvgIpc) is 2.23. The van der Waals surface area contributed by atoms with E-state index in [0.717, 1.165) is 6.07 Å². The Labute approximate surface area is 97.5 Å². The first-order valence-electron chi connectivity index (χ1n) is 4.66. The SMILES string of the molecule is NCCOCC(=O)Nc1ccc(Cl)cc1F. The molecule has 0 aliphatic rings. The van der Waals surface area contributed by atoms with Gasteiger partial charge in [-0.1, -0.05) is 11.6 Å². The molecule has 1 aromatic carbocycles. The van der Waals surface area contributed by atoms with Gasteiger partial charge in [0.05, 0.1) is 12.3 Å². The van der Waals surface area contributed by atoms with Gasteiger partial charge in [0.25, 0.3) is 0 Å². The quantitative estimate of drug-likeness (QED) is 0.772. The van der Waals surface area contributed by atoms with Crippen LogP contribution in [0.2, 0.25) is 5.02 Å². The Morgan fingerprint density at radius 1 is 1.56 bits per heavy atom. The van der Waals surface area contributed by atoms with Gasteiger partial charge in [-0.15, -0.1) is 0 Å². The van der Waals surface area contributed by atoms with Crippen molar-refractivity contribution in [1.82, 2.24) is 0 Å².